The zero-order valence-electron chi connectivity index (χ0n) is 9.32. The predicted octanol–water partition coefficient (Wildman–Crippen LogP) is -0.775. The fourth-order valence-electron chi connectivity index (χ4n) is 1.15. The van der Waals surface area contributed by atoms with Crippen molar-refractivity contribution in [3.05, 3.63) is 33.1 Å². The van der Waals surface area contributed by atoms with Gasteiger partial charge in [-0.1, -0.05) is 0 Å². The molecule has 0 atom stereocenters. The average Bonchev–Trinajstić information content (AvgIpc) is 2.26. The summed E-state index contributed by atoms with van der Waals surface area (Å²) in [5.74, 6) is -0.965. The van der Waals surface area contributed by atoms with Gasteiger partial charge >= 0.3 is 11.9 Å². The molecule has 1 heterocycles. The van der Waals surface area contributed by atoms with E-state index in [9.17, 15) is 27.6 Å². The molecule has 1 N–H and O–H groups in total. The van der Waals surface area contributed by atoms with Crippen LogP contribution in [0, 0.1) is 0 Å². The lowest BCUT2D eigenvalue weighted by atomic mass is 10.5. The Morgan fingerprint density at radius 3 is 2.56 bits per heavy atom. The zero-order valence-corrected chi connectivity index (χ0v) is 9.32. The van der Waals surface area contributed by atoms with E-state index in [-0.39, 0.29) is 0 Å². The molecule has 0 unspecified atom stereocenters. The molecular weight excluding hydrogens is 255 g/mol. The van der Waals surface area contributed by atoms with Crippen LogP contribution in [0.15, 0.2) is 21.9 Å². The van der Waals surface area contributed by atoms with Crippen LogP contribution < -0.4 is 16.6 Å². The molecule has 0 aromatic carbocycles. The summed E-state index contributed by atoms with van der Waals surface area (Å²) in [4.78, 5) is 33.6. The minimum atomic E-state index is -4.51. The highest BCUT2D eigenvalue weighted by atomic mass is 19.4. The average molecular weight is 265 g/mol. The minimum Gasteiger partial charge on any atom is -0.345 e. The Morgan fingerprint density at radius 2 is 2.00 bits per heavy atom. The molecule has 1 aromatic rings. The second kappa shape index (κ2) is 5.07. The quantitative estimate of drug-likeness (QED) is 0.779. The Balaban J connectivity index is 2.75. The summed E-state index contributed by atoms with van der Waals surface area (Å²) in [5, 5.41) is 1.62. The third kappa shape index (κ3) is 3.75. The van der Waals surface area contributed by atoms with Crippen LogP contribution in [-0.2, 0) is 18.4 Å². The van der Waals surface area contributed by atoms with E-state index in [2.05, 4.69) is 0 Å². The van der Waals surface area contributed by atoms with E-state index < -0.39 is 36.4 Å². The van der Waals surface area contributed by atoms with Gasteiger partial charge in [0.15, 0.2) is 0 Å². The van der Waals surface area contributed by atoms with E-state index in [0.29, 0.717) is 0 Å². The molecule has 0 bridgehead atoms. The van der Waals surface area contributed by atoms with E-state index in [4.69, 9.17) is 0 Å². The van der Waals surface area contributed by atoms with Crippen molar-refractivity contribution in [2.75, 3.05) is 6.54 Å². The van der Waals surface area contributed by atoms with Gasteiger partial charge in [0.25, 0.3) is 5.56 Å². The molecule has 0 aliphatic carbocycles. The van der Waals surface area contributed by atoms with Gasteiger partial charge in [-0.25, -0.2) is 4.79 Å². The van der Waals surface area contributed by atoms with Crippen molar-refractivity contribution in [3.8, 4) is 0 Å². The van der Waals surface area contributed by atoms with Crippen molar-refractivity contribution in [2.24, 2.45) is 7.05 Å². The summed E-state index contributed by atoms with van der Waals surface area (Å²) in [6.45, 7) is -2.05. The molecule has 0 saturated carbocycles. The third-order valence-corrected chi connectivity index (χ3v) is 2.06. The second-order valence-electron chi connectivity index (χ2n) is 3.52. The van der Waals surface area contributed by atoms with Gasteiger partial charge in [-0.2, -0.15) is 13.2 Å². The van der Waals surface area contributed by atoms with Crippen molar-refractivity contribution >= 4 is 5.91 Å². The first-order valence-corrected chi connectivity index (χ1v) is 4.80. The van der Waals surface area contributed by atoms with Crippen molar-refractivity contribution < 1.29 is 18.0 Å². The monoisotopic (exact) mass is 265 g/mol. The van der Waals surface area contributed by atoms with Crippen molar-refractivity contribution in [1.82, 2.24) is 14.5 Å². The number of amides is 1. The van der Waals surface area contributed by atoms with Crippen LogP contribution in [0.1, 0.15) is 0 Å². The number of aromatic nitrogens is 2. The summed E-state index contributed by atoms with van der Waals surface area (Å²) >= 11 is 0. The highest BCUT2D eigenvalue weighted by Gasteiger charge is 2.27. The molecule has 0 spiro atoms. The zero-order chi connectivity index (χ0) is 13.9. The van der Waals surface area contributed by atoms with E-state index in [1.54, 1.807) is 5.32 Å². The molecule has 0 aliphatic rings. The lowest BCUT2D eigenvalue weighted by Crippen LogP contribution is -2.41. The van der Waals surface area contributed by atoms with Gasteiger partial charge < -0.3 is 5.32 Å². The van der Waals surface area contributed by atoms with Gasteiger partial charge in [0.05, 0.1) is 0 Å². The fourth-order valence-corrected chi connectivity index (χ4v) is 1.15. The summed E-state index contributed by atoms with van der Waals surface area (Å²) in [7, 11) is 1.20. The normalized spacial score (nSPS) is 11.3. The number of rotatable bonds is 3. The number of carbonyl (C=O) groups excluding carboxylic acids is 1. The largest absolute Gasteiger partial charge is 0.405 e. The lowest BCUT2D eigenvalue weighted by Gasteiger charge is -2.09. The Labute approximate surface area is 98.6 Å². The number of hydrogen-bond acceptors (Lipinski definition) is 3. The van der Waals surface area contributed by atoms with E-state index in [1.807, 2.05) is 0 Å². The molecule has 1 rings (SSSR count). The summed E-state index contributed by atoms with van der Waals surface area (Å²) in [5.41, 5.74) is -1.34. The number of nitrogens with zero attached hydrogens (tertiary/aromatic N) is 2. The molecule has 0 saturated heterocycles. The number of nitrogens with one attached hydrogen (secondary N) is 1. The maximum Gasteiger partial charge on any atom is 0.405 e. The van der Waals surface area contributed by atoms with Crippen LogP contribution >= 0.6 is 0 Å². The molecule has 0 radical (unpaired) electrons. The number of alkyl halides is 3. The van der Waals surface area contributed by atoms with Gasteiger partial charge in [-0.05, 0) is 0 Å². The maximum atomic E-state index is 11.8. The highest BCUT2D eigenvalue weighted by Crippen LogP contribution is 2.11. The molecule has 9 heteroatoms. The molecule has 0 aliphatic heterocycles. The molecule has 100 valence electrons. The number of halogens is 3. The fraction of sp³-hybridized carbons (Fsp3) is 0.444. The van der Waals surface area contributed by atoms with E-state index in [1.165, 1.54) is 7.05 Å². The highest BCUT2D eigenvalue weighted by molar-refractivity contribution is 5.75. The lowest BCUT2D eigenvalue weighted by molar-refractivity contribution is -0.138. The predicted molar refractivity (Wildman–Crippen MR) is 55.0 cm³/mol. The topological polar surface area (TPSA) is 73.1 Å². The standard InChI is InChI=1S/C9H10F3N3O3/c1-14-7(17)2-3-15(8(14)18)4-6(16)13-5-9(10,11)12/h2-3H,4-5H2,1H3,(H,13,16). The Bertz CT molecular complexity index is 559. The van der Waals surface area contributed by atoms with E-state index in [0.717, 1.165) is 21.4 Å². The van der Waals surface area contributed by atoms with E-state index >= 15 is 0 Å². The summed E-state index contributed by atoms with van der Waals surface area (Å²) < 4.78 is 37.1. The van der Waals surface area contributed by atoms with Crippen molar-refractivity contribution in [2.45, 2.75) is 12.7 Å². The van der Waals surface area contributed by atoms with Crippen molar-refractivity contribution in [1.29, 1.82) is 0 Å². The number of carbonyl (C=O) groups is 1. The van der Waals surface area contributed by atoms with Crippen LogP contribution in [0.3, 0.4) is 0 Å². The third-order valence-electron chi connectivity index (χ3n) is 2.06. The smallest absolute Gasteiger partial charge is 0.345 e. The molecular formula is C9H10F3N3O3. The van der Waals surface area contributed by atoms with Gasteiger partial charge in [-0.3, -0.25) is 18.7 Å². The molecule has 0 fully saturated rings. The molecule has 6 nitrogen and oxygen atoms in total. The molecule has 18 heavy (non-hydrogen) atoms. The van der Waals surface area contributed by atoms with Crippen LogP contribution in [0.4, 0.5) is 13.2 Å². The van der Waals surface area contributed by atoms with Gasteiger partial charge in [0, 0.05) is 19.3 Å². The summed E-state index contributed by atoms with van der Waals surface area (Å²) in [6.07, 6.45) is -3.46. The first-order chi connectivity index (χ1) is 8.20. The second-order valence-corrected chi connectivity index (χ2v) is 3.52. The summed E-state index contributed by atoms with van der Waals surface area (Å²) in [6, 6.07) is 1.04. The van der Waals surface area contributed by atoms with Crippen LogP contribution in [0.2, 0.25) is 0 Å². The Morgan fingerprint density at radius 1 is 1.39 bits per heavy atom. The Hall–Kier alpha value is -2.06. The van der Waals surface area contributed by atoms with Crippen molar-refractivity contribution in [3.63, 3.8) is 0 Å². The van der Waals surface area contributed by atoms with Crippen LogP contribution in [0.5, 0.6) is 0 Å². The molecule has 1 aromatic heterocycles. The first kappa shape index (κ1) is 14.0. The van der Waals surface area contributed by atoms with Crippen LogP contribution in [0.25, 0.3) is 0 Å². The maximum absolute atomic E-state index is 11.8. The van der Waals surface area contributed by atoms with Gasteiger partial charge in [-0.15, -0.1) is 0 Å². The molecule has 1 amide bonds. The Kier molecular flexibility index (Phi) is 3.94. The van der Waals surface area contributed by atoms with Crippen LogP contribution in [-0.4, -0.2) is 27.8 Å². The van der Waals surface area contributed by atoms with Gasteiger partial charge in [0.1, 0.15) is 13.1 Å². The minimum absolute atomic E-state index is 0.563. The first-order valence-electron chi connectivity index (χ1n) is 4.80. The SMILES string of the molecule is Cn1c(=O)ccn(CC(=O)NCC(F)(F)F)c1=O. The van der Waals surface area contributed by atoms with Gasteiger partial charge in [0.2, 0.25) is 5.91 Å². The number of hydrogen-bond donors (Lipinski definition) is 1.